The van der Waals surface area contributed by atoms with Crippen LogP contribution >= 0.6 is 15.9 Å². The smallest absolute Gasteiger partial charge is 0.125 e. The standard InChI is InChI=1S/C16H23BrN2O/c1-12(19-4)14-7-6-13(17)10-15(14)20-9-5-8-16(2,3)11-18/h6-7,10,12,19H,5,8-9H2,1-4H3. The molecule has 0 aliphatic heterocycles. The molecule has 0 radical (unpaired) electrons. The van der Waals surface area contributed by atoms with Crippen LogP contribution in [0.5, 0.6) is 5.75 Å². The van der Waals surface area contributed by atoms with Crippen molar-refractivity contribution >= 4 is 15.9 Å². The zero-order chi connectivity index (χ0) is 15.2. The molecule has 0 fully saturated rings. The SMILES string of the molecule is CNC(C)c1ccc(Br)cc1OCCCC(C)(C)C#N. The van der Waals surface area contributed by atoms with Gasteiger partial charge in [0.1, 0.15) is 5.75 Å². The van der Waals surface area contributed by atoms with E-state index in [1.54, 1.807) is 0 Å². The van der Waals surface area contributed by atoms with Gasteiger partial charge in [-0.1, -0.05) is 22.0 Å². The number of ether oxygens (including phenoxy) is 1. The third-order valence-electron chi connectivity index (χ3n) is 3.38. The number of halogens is 1. The Morgan fingerprint density at radius 1 is 1.45 bits per heavy atom. The quantitative estimate of drug-likeness (QED) is 0.747. The van der Waals surface area contributed by atoms with Gasteiger partial charge >= 0.3 is 0 Å². The Balaban J connectivity index is 2.63. The van der Waals surface area contributed by atoms with E-state index in [2.05, 4.69) is 40.3 Å². The van der Waals surface area contributed by atoms with Gasteiger partial charge in [-0.3, -0.25) is 0 Å². The summed E-state index contributed by atoms with van der Waals surface area (Å²) in [6.07, 6.45) is 1.72. The van der Waals surface area contributed by atoms with Crippen molar-refractivity contribution in [1.82, 2.24) is 5.32 Å². The van der Waals surface area contributed by atoms with Crippen molar-refractivity contribution in [2.24, 2.45) is 5.41 Å². The zero-order valence-corrected chi connectivity index (χ0v) is 14.3. The van der Waals surface area contributed by atoms with Crippen molar-refractivity contribution < 1.29 is 4.74 Å². The fourth-order valence-corrected chi connectivity index (χ4v) is 2.24. The lowest BCUT2D eigenvalue weighted by atomic mass is 9.90. The second kappa shape index (κ2) is 7.66. The molecule has 1 atom stereocenters. The summed E-state index contributed by atoms with van der Waals surface area (Å²) >= 11 is 3.48. The van der Waals surface area contributed by atoms with Crippen LogP contribution in [0.15, 0.2) is 22.7 Å². The molecular weight excluding hydrogens is 316 g/mol. The van der Waals surface area contributed by atoms with Crippen LogP contribution in [0.3, 0.4) is 0 Å². The average molecular weight is 339 g/mol. The average Bonchev–Trinajstić information content (AvgIpc) is 2.43. The lowest BCUT2D eigenvalue weighted by Crippen LogP contribution is -2.14. The highest BCUT2D eigenvalue weighted by Crippen LogP contribution is 2.29. The van der Waals surface area contributed by atoms with Crippen molar-refractivity contribution in [3.63, 3.8) is 0 Å². The maximum Gasteiger partial charge on any atom is 0.125 e. The van der Waals surface area contributed by atoms with E-state index in [0.717, 1.165) is 28.6 Å². The van der Waals surface area contributed by atoms with Crippen molar-refractivity contribution in [2.45, 2.75) is 39.7 Å². The first-order valence-electron chi connectivity index (χ1n) is 6.90. The molecule has 1 aromatic carbocycles. The first-order chi connectivity index (χ1) is 9.39. The monoisotopic (exact) mass is 338 g/mol. The van der Waals surface area contributed by atoms with Crippen LogP contribution in [-0.4, -0.2) is 13.7 Å². The largest absolute Gasteiger partial charge is 0.493 e. The summed E-state index contributed by atoms with van der Waals surface area (Å²) < 4.78 is 6.91. The zero-order valence-electron chi connectivity index (χ0n) is 12.7. The summed E-state index contributed by atoms with van der Waals surface area (Å²) in [7, 11) is 1.94. The van der Waals surface area contributed by atoms with Gasteiger partial charge in [0.15, 0.2) is 0 Å². The Morgan fingerprint density at radius 3 is 2.75 bits per heavy atom. The number of nitriles is 1. The van der Waals surface area contributed by atoms with Gasteiger partial charge in [0.2, 0.25) is 0 Å². The van der Waals surface area contributed by atoms with Gasteiger partial charge in [0, 0.05) is 16.1 Å². The van der Waals surface area contributed by atoms with Crippen LogP contribution in [0.2, 0.25) is 0 Å². The van der Waals surface area contributed by atoms with Crippen LogP contribution in [-0.2, 0) is 0 Å². The molecular formula is C16H23BrN2O. The summed E-state index contributed by atoms with van der Waals surface area (Å²) in [5.41, 5.74) is 0.872. The molecule has 0 aromatic heterocycles. The molecule has 1 rings (SSSR count). The molecule has 0 heterocycles. The van der Waals surface area contributed by atoms with Gasteiger partial charge in [-0.05, 0) is 52.8 Å². The Bertz CT molecular complexity index is 480. The van der Waals surface area contributed by atoms with E-state index in [-0.39, 0.29) is 11.5 Å². The lowest BCUT2D eigenvalue weighted by molar-refractivity contribution is 0.280. The molecule has 0 amide bonds. The summed E-state index contributed by atoms with van der Waals surface area (Å²) in [5.74, 6) is 0.899. The number of nitrogens with one attached hydrogen (secondary N) is 1. The summed E-state index contributed by atoms with van der Waals surface area (Å²) in [5, 5.41) is 12.2. The molecule has 0 spiro atoms. The third-order valence-corrected chi connectivity index (χ3v) is 3.87. The van der Waals surface area contributed by atoms with E-state index in [1.807, 2.05) is 33.0 Å². The lowest BCUT2D eigenvalue weighted by Gasteiger charge is -2.18. The topological polar surface area (TPSA) is 45.0 Å². The Hall–Kier alpha value is -1.05. The van der Waals surface area contributed by atoms with Crippen LogP contribution < -0.4 is 10.1 Å². The van der Waals surface area contributed by atoms with Gasteiger partial charge in [-0.15, -0.1) is 0 Å². The summed E-state index contributed by atoms with van der Waals surface area (Å²) in [6.45, 7) is 6.65. The minimum atomic E-state index is -0.276. The van der Waals surface area contributed by atoms with Crippen LogP contribution in [0.25, 0.3) is 0 Å². The molecule has 1 unspecified atom stereocenters. The Labute approximate surface area is 130 Å². The molecule has 0 aliphatic carbocycles. The molecule has 1 aromatic rings. The highest BCUT2D eigenvalue weighted by atomic mass is 79.9. The van der Waals surface area contributed by atoms with Gasteiger partial charge in [0.05, 0.1) is 18.1 Å². The molecule has 3 nitrogen and oxygen atoms in total. The number of hydrogen-bond acceptors (Lipinski definition) is 3. The van der Waals surface area contributed by atoms with E-state index in [1.165, 1.54) is 0 Å². The van der Waals surface area contributed by atoms with Crippen molar-refractivity contribution in [3.8, 4) is 11.8 Å². The molecule has 1 N–H and O–H groups in total. The molecule has 0 saturated carbocycles. The molecule has 110 valence electrons. The molecule has 4 heteroatoms. The van der Waals surface area contributed by atoms with E-state index in [9.17, 15) is 0 Å². The van der Waals surface area contributed by atoms with E-state index < -0.39 is 0 Å². The Morgan fingerprint density at radius 2 is 2.15 bits per heavy atom. The summed E-state index contributed by atoms with van der Waals surface area (Å²) in [6, 6.07) is 8.65. The predicted octanol–water partition coefficient (Wildman–Crippen LogP) is 4.44. The van der Waals surface area contributed by atoms with E-state index in [4.69, 9.17) is 10.00 Å². The normalized spacial score (nSPS) is 12.8. The highest BCUT2D eigenvalue weighted by Gasteiger charge is 2.16. The van der Waals surface area contributed by atoms with Crippen molar-refractivity contribution in [3.05, 3.63) is 28.2 Å². The number of rotatable bonds is 7. The molecule has 0 saturated heterocycles. The van der Waals surface area contributed by atoms with Gasteiger partial charge < -0.3 is 10.1 Å². The molecule has 0 aliphatic rings. The number of nitrogens with zero attached hydrogens (tertiary/aromatic N) is 1. The van der Waals surface area contributed by atoms with E-state index in [0.29, 0.717) is 6.61 Å². The first kappa shape index (κ1) is 17.0. The van der Waals surface area contributed by atoms with Crippen molar-refractivity contribution in [2.75, 3.05) is 13.7 Å². The first-order valence-corrected chi connectivity index (χ1v) is 7.69. The summed E-state index contributed by atoms with van der Waals surface area (Å²) in [4.78, 5) is 0. The second-order valence-corrected chi connectivity index (χ2v) is 6.56. The predicted molar refractivity (Wildman–Crippen MR) is 85.7 cm³/mol. The van der Waals surface area contributed by atoms with Gasteiger partial charge in [0.25, 0.3) is 0 Å². The number of benzene rings is 1. The van der Waals surface area contributed by atoms with Crippen LogP contribution in [0.4, 0.5) is 0 Å². The van der Waals surface area contributed by atoms with Crippen LogP contribution in [0.1, 0.15) is 45.2 Å². The maximum absolute atomic E-state index is 8.99. The van der Waals surface area contributed by atoms with Gasteiger partial charge in [-0.2, -0.15) is 5.26 Å². The fourth-order valence-electron chi connectivity index (χ4n) is 1.90. The third kappa shape index (κ3) is 5.15. The van der Waals surface area contributed by atoms with Crippen LogP contribution in [0, 0.1) is 16.7 Å². The molecule has 0 bridgehead atoms. The second-order valence-electron chi connectivity index (χ2n) is 5.64. The van der Waals surface area contributed by atoms with E-state index >= 15 is 0 Å². The molecule has 20 heavy (non-hydrogen) atoms. The van der Waals surface area contributed by atoms with Crippen molar-refractivity contribution in [1.29, 1.82) is 5.26 Å². The fraction of sp³-hybridized carbons (Fsp3) is 0.562. The minimum Gasteiger partial charge on any atom is -0.493 e. The number of hydrogen-bond donors (Lipinski definition) is 1. The Kier molecular flexibility index (Phi) is 6.51. The minimum absolute atomic E-state index is 0.244. The maximum atomic E-state index is 8.99. The highest BCUT2D eigenvalue weighted by molar-refractivity contribution is 9.10. The van der Waals surface area contributed by atoms with Gasteiger partial charge in [-0.25, -0.2) is 0 Å².